The lowest BCUT2D eigenvalue weighted by Crippen LogP contribution is -2.30. The molecule has 1 atom stereocenters. The van der Waals surface area contributed by atoms with Crippen LogP contribution >= 0.6 is 24.0 Å². The number of hydrogen-bond donors (Lipinski definition) is 1. The second-order valence-electron chi connectivity index (χ2n) is 5.18. The van der Waals surface area contributed by atoms with Crippen LogP contribution in [0.4, 0.5) is 0 Å². The Morgan fingerprint density at radius 1 is 1.40 bits per heavy atom. The molecule has 1 fully saturated rings. The third kappa shape index (κ3) is 4.97. The van der Waals surface area contributed by atoms with Gasteiger partial charge in [0.1, 0.15) is 0 Å². The summed E-state index contributed by atoms with van der Waals surface area (Å²) >= 11 is 5.84. The lowest BCUT2D eigenvalue weighted by atomic mass is 10.1. The molecule has 5 heteroatoms. The van der Waals surface area contributed by atoms with E-state index in [9.17, 15) is 4.79 Å². The normalized spacial score (nSPS) is 17.9. The van der Waals surface area contributed by atoms with Crippen LogP contribution in [0, 0.1) is 5.92 Å². The fraction of sp³-hybridized carbons (Fsp3) is 0.533. The Labute approximate surface area is 132 Å². The first-order valence-electron chi connectivity index (χ1n) is 6.86. The van der Waals surface area contributed by atoms with E-state index >= 15 is 0 Å². The molecule has 20 heavy (non-hydrogen) atoms. The molecule has 3 nitrogen and oxygen atoms in total. The molecule has 1 aromatic rings. The Morgan fingerprint density at radius 2 is 2.10 bits per heavy atom. The molecule has 112 valence electrons. The molecule has 2 rings (SSSR count). The van der Waals surface area contributed by atoms with Gasteiger partial charge in [0.25, 0.3) is 0 Å². The summed E-state index contributed by atoms with van der Waals surface area (Å²) in [5, 5.41) is 3.92. The van der Waals surface area contributed by atoms with E-state index in [0.717, 1.165) is 37.5 Å². The van der Waals surface area contributed by atoms with Gasteiger partial charge in [0, 0.05) is 24.5 Å². The maximum atomic E-state index is 12.1. The second kappa shape index (κ2) is 8.50. The first-order valence-corrected chi connectivity index (χ1v) is 7.23. The van der Waals surface area contributed by atoms with Gasteiger partial charge in [-0.25, -0.2) is 0 Å². The number of aryl methyl sites for hydroxylation is 1. The maximum Gasteiger partial charge on any atom is 0.222 e. The molecule has 1 heterocycles. The molecule has 0 aromatic heterocycles. The zero-order valence-electron chi connectivity index (χ0n) is 11.8. The number of rotatable bonds is 5. The molecule has 1 N–H and O–H groups in total. The first kappa shape index (κ1) is 17.3. The number of halogens is 2. The van der Waals surface area contributed by atoms with Crippen molar-refractivity contribution in [2.75, 3.05) is 26.7 Å². The largest absolute Gasteiger partial charge is 0.342 e. The smallest absolute Gasteiger partial charge is 0.222 e. The standard InChI is InChI=1S/C15H21ClN2O.ClH/c1-17-10-13-8-9-18(11-13)15(19)7-4-12-2-5-14(16)6-3-12;/h2-3,5-6,13,17H,4,7-11H2,1H3;1H. The molecule has 0 aliphatic carbocycles. The average molecular weight is 317 g/mol. The van der Waals surface area contributed by atoms with Crippen LogP contribution in [-0.2, 0) is 11.2 Å². The number of likely N-dealkylation sites (tertiary alicyclic amines) is 1. The molecule has 0 saturated carbocycles. The molecule has 1 saturated heterocycles. The fourth-order valence-electron chi connectivity index (χ4n) is 2.57. The van der Waals surface area contributed by atoms with Crippen molar-refractivity contribution in [2.45, 2.75) is 19.3 Å². The highest BCUT2D eigenvalue weighted by molar-refractivity contribution is 6.30. The van der Waals surface area contributed by atoms with Crippen LogP contribution < -0.4 is 5.32 Å². The fourth-order valence-corrected chi connectivity index (χ4v) is 2.70. The van der Waals surface area contributed by atoms with Gasteiger partial charge in [-0.15, -0.1) is 12.4 Å². The minimum absolute atomic E-state index is 0. The van der Waals surface area contributed by atoms with Crippen molar-refractivity contribution in [2.24, 2.45) is 5.92 Å². The molecule has 1 unspecified atom stereocenters. The number of carbonyl (C=O) groups excluding carboxylic acids is 1. The number of amides is 1. The zero-order valence-corrected chi connectivity index (χ0v) is 13.3. The van der Waals surface area contributed by atoms with Gasteiger partial charge in [0.05, 0.1) is 0 Å². The highest BCUT2D eigenvalue weighted by Gasteiger charge is 2.25. The van der Waals surface area contributed by atoms with Crippen LogP contribution in [0.1, 0.15) is 18.4 Å². The van der Waals surface area contributed by atoms with Gasteiger partial charge in [0.2, 0.25) is 5.91 Å². The Balaban J connectivity index is 0.00000200. The molecule has 1 aromatic carbocycles. The summed E-state index contributed by atoms with van der Waals surface area (Å²) in [6, 6.07) is 7.73. The minimum atomic E-state index is 0. The highest BCUT2D eigenvalue weighted by Crippen LogP contribution is 2.17. The topological polar surface area (TPSA) is 32.3 Å². The first-order chi connectivity index (χ1) is 9.19. The number of carbonyl (C=O) groups is 1. The van der Waals surface area contributed by atoms with E-state index in [0.29, 0.717) is 12.3 Å². The highest BCUT2D eigenvalue weighted by atomic mass is 35.5. The van der Waals surface area contributed by atoms with Crippen LogP contribution in [0.3, 0.4) is 0 Å². The number of nitrogens with one attached hydrogen (secondary N) is 1. The van der Waals surface area contributed by atoms with Crippen molar-refractivity contribution in [1.29, 1.82) is 0 Å². The van der Waals surface area contributed by atoms with Gasteiger partial charge in [-0.1, -0.05) is 23.7 Å². The van der Waals surface area contributed by atoms with Crippen LogP contribution in [0.5, 0.6) is 0 Å². The lowest BCUT2D eigenvalue weighted by molar-refractivity contribution is -0.130. The zero-order chi connectivity index (χ0) is 13.7. The average Bonchev–Trinajstić information content (AvgIpc) is 2.87. The van der Waals surface area contributed by atoms with E-state index in [4.69, 9.17) is 11.6 Å². The minimum Gasteiger partial charge on any atom is -0.342 e. The van der Waals surface area contributed by atoms with Gasteiger partial charge in [-0.05, 0) is 50.0 Å². The molecule has 0 spiro atoms. The quantitative estimate of drug-likeness (QED) is 0.906. The van der Waals surface area contributed by atoms with E-state index in [1.807, 2.05) is 36.2 Å². The van der Waals surface area contributed by atoms with Crippen molar-refractivity contribution in [1.82, 2.24) is 10.2 Å². The number of benzene rings is 1. The Hall–Kier alpha value is -0.770. The summed E-state index contributed by atoms with van der Waals surface area (Å²) < 4.78 is 0. The van der Waals surface area contributed by atoms with Gasteiger partial charge in [-0.3, -0.25) is 4.79 Å². The van der Waals surface area contributed by atoms with Crippen LogP contribution in [0.15, 0.2) is 24.3 Å². The van der Waals surface area contributed by atoms with E-state index < -0.39 is 0 Å². The molecular formula is C15H22Cl2N2O. The van der Waals surface area contributed by atoms with Crippen molar-refractivity contribution < 1.29 is 4.79 Å². The molecular weight excluding hydrogens is 295 g/mol. The number of hydrogen-bond acceptors (Lipinski definition) is 2. The van der Waals surface area contributed by atoms with E-state index in [-0.39, 0.29) is 18.3 Å². The predicted molar refractivity (Wildman–Crippen MR) is 85.6 cm³/mol. The summed E-state index contributed by atoms with van der Waals surface area (Å²) in [5.41, 5.74) is 1.17. The van der Waals surface area contributed by atoms with Crippen LogP contribution in [0.2, 0.25) is 5.02 Å². The lowest BCUT2D eigenvalue weighted by Gasteiger charge is -2.16. The predicted octanol–water partition coefficient (Wildman–Crippen LogP) is 2.76. The Kier molecular flexibility index (Phi) is 7.35. The van der Waals surface area contributed by atoms with Gasteiger partial charge < -0.3 is 10.2 Å². The van der Waals surface area contributed by atoms with Crippen molar-refractivity contribution in [3.63, 3.8) is 0 Å². The number of nitrogens with zero attached hydrogens (tertiary/aromatic N) is 1. The molecule has 0 radical (unpaired) electrons. The van der Waals surface area contributed by atoms with Gasteiger partial charge in [-0.2, -0.15) is 0 Å². The SMILES string of the molecule is CNCC1CCN(C(=O)CCc2ccc(Cl)cc2)C1.Cl. The van der Waals surface area contributed by atoms with Gasteiger partial charge in [0.15, 0.2) is 0 Å². The monoisotopic (exact) mass is 316 g/mol. The molecule has 1 aliphatic rings. The third-order valence-corrected chi connectivity index (χ3v) is 3.92. The second-order valence-corrected chi connectivity index (χ2v) is 5.62. The third-order valence-electron chi connectivity index (χ3n) is 3.67. The van der Waals surface area contributed by atoms with Crippen molar-refractivity contribution in [3.8, 4) is 0 Å². The van der Waals surface area contributed by atoms with Crippen LogP contribution in [0.25, 0.3) is 0 Å². The van der Waals surface area contributed by atoms with Crippen molar-refractivity contribution in [3.05, 3.63) is 34.9 Å². The summed E-state index contributed by atoms with van der Waals surface area (Å²) in [6.07, 6.45) is 2.50. The Bertz CT molecular complexity index is 422. The molecule has 1 amide bonds. The Morgan fingerprint density at radius 3 is 2.75 bits per heavy atom. The van der Waals surface area contributed by atoms with Crippen molar-refractivity contribution >= 4 is 29.9 Å². The summed E-state index contributed by atoms with van der Waals surface area (Å²) in [6.45, 7) is 2.81. The van der Waals surface area contributed by atoms with E-state index in [1.54, 1.807) is 0 Å². The van der Waals surface area contributed by atoms with Crippen LogP contribution in [-0.4, -0.2) is 37.5 Å². The molecule has 1 aliphatic heterocycles. The van der Waals surface area contributed by atoms with E-state index in [2.05, 4.69) is 5.32 Å². The summed E-state index contributed by atoms with van der Waals surface area (Å²) in [5.74, 6) is 0.887. The summed E-state index contributed by atoms with van der Waals surface area (Å²) in [7, 11) is 1.96. The molecule has 0 bridgehead atoms. The summed E-state index contributed by atoms with van der Waals surface area (Å²) in [4.78, 5) is 14.1. The maximum absolute atomic E-state index is 12.1. The van der Waals surface area contributed by atoms with Gasteiger partial charge >= 0.3 is 0 Å². The van der Waals surface area contributed by atoms with E-state index in [1.165, 1.54) is 5.56 Å².